The van der Waals surface area contributed by atoms with Gasteiger partial charge in [-0.25, -0.2) is 0 Å². The summed E-state index contributed by atoms with van der Waals surface area (Å²) >= 11 is 0. The number of amides is 1. The van der Waals surface area contributed by atoms with Crippen molar-refractivity contribution >= 4 is 11.6 Å². The summed E-state index contributed by atoms with van der Waals surface area (Å²) in [6.45, 7) is 4.62. The van der Waals surface area contributed by atoms with Gasteiger partial charge in [0.1, 0.15) is 5.76 Å². The van der Waals surface area contributed by atoms with Gasteiger partial charge in [0.2, 0.25) is 0 Å². The van der Waals surface area contributed by atoms with Crippen molar-refractivity contribution in [3.8, 4) is 0 Å². The first-order valence-electron chi connectivity index (χ1n) is 7.56. The SMILES string of the molecule is CCN(C(=O)c1noc2c1CCCC2)c1cccc(C)c1. The summed E-state index contributed by atoms with van der Waals surface area (Å²) < 4.78 is 5.36. The molecule has 0 radical (unpaired) electrons. The van der Waals surface area contributed by atoms with E-state index >= 15 is 0 Å². The summed E-state index contributed by atoms with van der Waals surface area (Å²) in [7, 11) is 0. The summed E-state index contributed by atoms with van der Waals surface area (Å²) in [6.07, 6.45) is 4.01. The second-order valence-electron chi connectivity index (χ2n) is 5.53. The summed E-state index contributed by atoms with van der Waals surface area (Å²) in [4.78, 5) is 14.6. The molecular formula is C17H20N2O2. The lowest BCUT2D eigenvalue weighted by atomic mass is 9.96. The third kappa shape index (κ3) is 2.58. The van der Waals surface area contributed by atoms with E-state index in [0.717, 1.165) is 48.3 Å². The molecule has 4 nitrogen and oxygen atoms in total. The number of rotatable bonds is 3. The quantitative estimate of drug-likeness (QED) is 0.866. The van der Waals surface area contributed by atoms with Crippen LogP contribution in [0.2, 0.25) is 0 Å². The fourth-order valence-electron chi connectivity index (χ4n) is 2.92. The van der Waals surface area contributed by atoms with Crippen molar-refractivity contribution in [2.75, 3.05) is 11.4 Å². The van der Waals surface area contributed by atoms with Gasteiger partial charge in [0, 0.05) is 24.2 Å². The lowest BCUT2D eigenvalue weighted by molar-refractivity contribution is 0.0979. The van der Waals surface area contributed by atoms with Gasteiger partial charge in [0.25, 0.3) is 5.91 Å². The maximum Gasteiger partial charge on any atom is 0.280 e. The minimum Gasteiger partial charge on any atom is -0.360 e. The number of aryl methyl sites for hydroxylation is 2. The number of carbonyl (C=O) groups excluding carboxylic acids is 1. The minimum atomic E-state index is -0.0602. The molecule has 0 saturated heterocycles. The zero-order valence-electron chi connectivity index (χ0n) is 12.6. The van der Waals surface area contributed by atoms with E-state index in [-0.39, 0.29) is 5.91 Å². The van der Waals surface area contributed by atoms with E-state index < -0.39 is 0 Å². The lowest BCUT2D eigenvalue weighted by Crippen LogP contribution is -2.31. The Kier molecular flexibility index (Phi) is 3.78. The molecule has 1 heterocycles. The standard InChI is InChI=1S/C17H20N2O2/c1-3-19(13-8-6-7-12(2)11-13)17(20)16-14-9-4-5-10-15(14)21-18-16/h6-8,11H,3-5,9-10H2,1-2H3. The van der Waals surface area contributed by atoms with Crippen LogP contribution < -0.4 is 4.90 Å². The van der Waals surface area contributed by atoms with Gasteiger partial charge in [0.05, 0.1) is 0 Å². The predicted molar refractivity (Wildman–Crippen MR) is 81.7 cm³/mol. The first-order chi connectivity index (χ1) is 10.2. The Balaban J connectivity index is 1.94. The van der Waals surface area contributed by atoms with E-state index in [9.17, 15) is 4.79 Å². The maximum absolute atomic E-state index is 12.8. The van der Waals surface area contributed by atoms with E-state index in [1.807, 2.05) is 38.1 Å². The first-order valence-corrected chi connectivity index (χ1v) is 7.56. The van der Waals surface area contributed by atoms with Crippen LogP contribution in [-0.4, -0.2) is 17.6 Å². The Bertz CT molecular complexity index is 661. The third-order valence-electron chi connectivity index (χ3n) is 4.03. The molecule has 1 aliphatic carbocycles. The molecule has 0 N–H and O–H groups in total. The van der Waals surface area contributed by atoms with Crippen LogP contribution in [0.25, 0.3) is 0 Å². The molecule has 1 aromatic carbocycles. The molecule has 110 valence electrons. The van der Waals surface area contributed by atoms with E-state index in [2.05, 4.69) is 5.16 Å². The highest BCUT2D eigenvalue weighted by atomic mass is 16.5. The van der Waals surface area contributed by atoms with Crippen molar-refractivity contribution in [3.63, 3.8) is 0 Å². The third-order valence-corrected chi connectivity index (χ3v) is 4.03. The van der Waals surface area contributed by atoms with Gasteiger partial charge in [-0.2, -0.15) is 0 Å². The Labute approximate surface area is 124 Å². The van der Waals surface area contributed by atoms with Crippen LogP contribution in [0.15, 0.2) is 28.8 Å². The molecule has 1 aromatic heterocycles. The summed E-state index contributed by atoms with van der Waals surface area (Å²) in [5.74, 6) is 0.833. The number of hydrogen-bond donors (Lipinski definition) is 0. The van der Waals surface area contributed by atoms with Gasteiger partial charge in [0.15, 0.2) is 5.69 Å². The average molecular weight is 284 g/mol. The molecule has 1 aliphatic rings. The highest BCUT2D eigenvalue weighted by Crippen LogP contribution is 2.26. The smallest absolute Gasteiger partial charge is 0.280 e. The molecule has 0 spiro atoms. The van der Waals surface area contributed by atoms with Crippen molar-refractivity contribution in [2.24, 2.45) is 0 Å². The van der Waals surface area contributed by atoms with Gasteiger partial charge in [-0.1, -0.05) is 17.3 Å². The van der Waals surface area contributed by atoms with Crippen molar-refractivity contribution < 1.29 is 9.32 Å². The second-order valence-corrected chi connectivity index (χ2v) is 5.53. The van der Waals surface area contributed by atoms with Crippen LogP contribution in [-0.2, 0) is 12.8 Å². The molecule has 0 aliphatic heterocycles. The predicted octanol–water partition coefficient (Wildman–Crippen LogP) is 3.53. The summed E-state index contributed by atoms with van der Waals surface area (Å²) in [5, 5.41) is 4.05. The zero-order valence-corrected chi connectivity index (χ0v) is 12.6. The van der Waals surface area contributed by atoms with Gasteiger partial charge in [-0.3, -0.25) is 4.79 Å². The first kappa shape index (κ1) is 13.9. The normalized spacial score (nSPS) is 13.8. The minimum absolute atomic E-state index is 0.0602. The van der Waals surface area contributed by atoms with Crippen LogP contribution in [0.4, 0.5) is 5.69 Å². The number of nitrogens with zero attached hydrogens (tertiary/aromatic N) is 2. The maximum atomic E-state index is 12.8. The number of fused-ring (bicyclic) bond motifs is 1. The van der Waals surface area contributed by atoms with Crippen LogP contribution in [0.3, 0.4) is 0 Å². The van der Waals surface area contributed by atoms with E-state index in [1.165, 1.54) is 0 Å². The average Bonchev–Trinajstić information content (AvgIpc) is 2.92. The number of carbonyl (C=O) groups is 1. The van der Waals surface area contributed by atoms with E-state index in [4.69, 9.17) is 4.52 Å². The van der Waals surface area contributed by atoms with Crippen molar-refractivity contribution in [1.82, 2.24) is 5.16 Å². The Hall–Kier alpha value is -2.10. The van der Waals surface area contributed by atoms with Crippen LogP contribution in [0, 0.1) is 6.92 Å². The monoisotopic (exact) mass is 284 g/mol. The van der Waals surface area contributed by atoms with Crippen molar-refractivity contribution in [1.29, 1.82) is 0 Å². The number of benzene rings is 1. The number of hydrogen-bond acceptors (Lipinski definition) is 3. The second kappa shape index (κ2) is 5.72. The molecule has 4 heteroatoms. The summed E-state index contributed by atoms with van der Waals surface area (Å²) in [5.41, 5.74) is 3.56. The van der Waals surface area contributed by atoms with Gasteiger partial charge >= 0.3 is 0 Å². The summed E-state index contributed by atoms with van der Waals surface area (Å²) in [6, 6.07) is 7.98. The Morgan fingerprint density at radius 3 is 2.90 bits per heavy atom. The number of aromatic nitrogens is 1. The molecule has 0 atom stereocenters. The van der Waals surface area contributed by atoms with Crippen LogP contribution in [0.1, 0.15) is 47.1 Å². The van der Waals surface area contributed by atoms with Crippen molar-refractivity contribution in [3.05, 3.63) is 46.8 Å². The van der Waals surface area contributed by atoms with Crippen LogP contribution in [0.5, 0.6) is 0 Å². The molecule has 3 rings (SSSR count). The molecule has 21 heavy (non-hydrogen) atoms. The highest BCUT2D eigenvalue weighted by molar-refractivity contribution is 6.05. The fraction of sp³-hybridized carbons (Fsp3) is 0.412. The Morgan fingerprint density at radius 1 is 1.33 bits per heavy atom. The molecule has 0 fully saturated rings. The lowest BCUT2D eigenvalue weighted by Gasteiger charge is -2.21. The molecule has 1 amide bonds. The van der Waals surface area contributed by atoms with Gasteiger partial charge < -0.3 is 9.42 Å². The zero-order chi connectivity index (χ0) is 14.8. The van der Waals surface area contributed by atoms with E-state index in [1.54, 1.807) is 4.90 Å². The van der Waals surface area contributed by atoms with Gasteiger partial charge in [-0.15, -0.1) is 0 Å². The van der Waals surface area contributed by atoms with Crippen LogP contribution >= 0.6 is 0 Å². The molecule has 0 unspecified atom stereocenters. The topological polar surface area (TPSA) is 46.3 Å². The van der Waals surface area contributed by atoms with E-state index in [0.29, 0.717) is 12.2 Å². The largest absolute Gasteiger partial charge is 0.360 e. The number of anilines is 1. The van der Waals surface area contributed by atoms with Crippen molar-refractivity contribution in [2.45, 2.75) is 39.5 Å². The molecule has 2 aromatic rings. The molecule has 0 bridgehead atoms. The highest BCUT2D eigenvalue weighted by Gasteiger charge is 2.27. The molecule has 0 saturated carbocycles. The van der Waals surface area contributed by atoms with Gasteiger partial charge in [-0.05, 0) is 50.8 Å². The fourth-order valence-corrected chi connectivity index (χ4v) is 2.92. The molecular weight excluding hydrogens is 264 g/mol. The Morgan fingerprint density at radius 2 is 2.14 bits per heavy atom.